The number of furan rings is 1. The zero-order chi connectivity index (χ0) is 15.0. The summed E-state index contributed by atoms with van der Waals surface area (Å²) >= 11 is 0. The molecule has 5 heteroatoms. The van der Waals surface area contributed by atoms with Gasteiger partial charge in [0.1, 0.15) is 17.3 Å². The molecule has 0 N–H and O–H groups in total. The third kappa shape index (κ3) is 2.92. The summed E-state index contributed by atoms with van der Waals surface area (Å²) in [6, 6.07) is 5.64. The van der Waals surface area contributed by atoms with Crippen molar-refractivity contribution in [3.8, 4) is 6.07 Å². The molecule has 20 heavy (non-hydrogen) atoms. The molecule has 0 atom stereocenters. The molecular weight excluding hydrogens is 268 g/mol. The first-order valence-corrected chi connectivity index (χ1v) is 9.56. The molecule has 0 spiro atoms. The molecule has 2 heterocycles. The lowest BCUT2D eigenvalue weighted by Crippen LogP contribution is -2.40. The maximum atomic E-state index is 8.85. The van der Waals surface area contributed by atoms with Gasteiger partial charge in [0.15, 0.2) is 13.9 Å². The van der Waals surface area contributed by atoms with E-state index in [1.165, 1.54) is 0 Å². The van der Waals surface area contributed by atoms with Gasteiger partial charge < -0.3 is 8.84 Å². The molecule has 0 saturated heterocycles. The van der Waals surface area contributed by atoms with Gasteiger partial charge >= 0.3 is 0 Å². The van der Waals surface area contributed by atoms with Crippen molar-refractivity contribution in [2.24, 2.45) is 0 Å². The second kappa shape index (κ2) is 5.04. The largest absolute Gasteiger partial charge is 0.457 e. The van der Waals surface area contributed by atoms with Crippen molar-refractivity contribution in [1.82, 2.24) is 4.98 Å². The second-order valence-corrected chi connectivity index (χ2v) is 11.3. The van der Waals surface area contributed by atoms with Crippen molar-refractivity contribution in [1.29, 1.82) is 5.26 Å². The normalized spacial score (nSPS) is 12.6. The Morgan fingerprint density at radius 3 is 2.65 bits per heavy atom. The molecule has 2 aromatic heterocycles. The molecule has 0 unspecified atom stereocenters. The van der Waals surface area contributed by atoms with Crippen LogP contribution >= 0.6 is 0 Å². The highest BCUT2D eigenvalue weighted by Gasteiger charge is 2.37. The summed E-state index contributed by atoms with van der Waals surface area (Å²) in [5.74, 6) is 0.757. The van der Waals surface area contributed by atoms with E-state index in [1.807, 2.05) is 6.07 Å². The topological polar surface area (TPSA) is 59.0 Å². The van der Waals surface area contributed by atoms with E-state index in [-0.39, 0.29) is 5.04 Å². The van der Waals surface area contributed by atoms with Gasteiger partial charge in [-0.25, -0.2) is 0 Å². The number of fused-ring (bicyclic) bond motifs is 1. The average molecular weight is 288 g/mol. The van der Waals surface area contributed by atoms with Crippen molar-refractivity contribution in [3.05, 3.63) is 29.7 Å². The Balaban J connectivity index is 2.17. The predicted octanol–water partition coefficient (Wildman–Crippen LogP) is 4.22. The van der Waals surface area contributed by atoms with Crippen molar-refractivity contribution < 1.29 is 8.84 Å². The predicted molar refractivity (Wildman–Crippen MR) is 80.7 cm³/mol. The molecule has 0 aromatic carbocycles. The van der Waals surface area contributed by atoms with Gasteiger partial charge in [-0.15, -0.1) is 0 Å². The van der Waals surface area contributed by atoms with Crippen LogP contribution in [-0.4, -0.2) is 13.3 Å². The van der Waals surface area contributed by atoms with Crippen LogP contribution in [0.15, 0.2) is 22.7 Å². The van der Waals surface area contributed by atoms with Crippen molar-refractivity contribution in [2.45, 2.75) is 45.5 Å². The smallest absolute Gasteiger partial charge is 0.192 e. The Kier molecular flexibility index (Phi) is 3.72. The molecular formula is C15H20N2O2Si. The maximum Gasteiger partial charge on any atom is 0.192 e. The summed E-state index contributed by atoms with van der Waals surface area (Å²) in [4.78, 5) is 4.21. The number of nitrogens with zero attached hydrogens (tertiary/aromatic N) is 2. The molecule has 0 amide bonds. The van der Waals surface area contributed by atoms with Crippen LogP contribution in [0.25, 0.3) is 11.1 Å². The molecule has 0 radical (unpaired) electrons. The molecule has 4 nitrogen and oxygen atoms in total. The lowest BCUT2D eigenvalue weighted by molar-refractivity contribution is 0.249. The van der Waals surface area contributed by atoms with Crippen molar-refractivity contribution in [3.63, 3.8) is 0 Å². The maximum absolute atomic E-state index is 8.85. The summed E-state index contributed by atoms with van der Waals surface area (Å²) in [6.07, 6.45) is 1.55. The van der Waals surface area contributed by atoms with Crippen molar-refractivity contribution >= 4 is 19.4 Å². The Hall–Kier alpha value is -1.64. The SMILES string of the molecule is CC(C)(C)[Si](C)(C)OCc1cc2ncc(C#N)cc2o1. The minimum atomic E-state index is -1.79. The van der Waals surface area contributed by atoms with Gasteiger partial charge in [-0.2, -0.15) is 5.26 Å². The number of hydrogen-bond donors (Lipinski definition) is 0. The standard InChI is InChI=1S/C15H20N2O2Si/c1-15(2,3)20(4,5)18-10-12-7-13-14(19-12)6-11(8-16)9-17-13/h6-7,9H,10H2,1-5H3. The van der Waals surface area contributed by atoms with Crippen LogP contribution in [0.1, 0.15) is 32.1 Å². The van der Waals surface area contributed by atoms with Gasteiger partial charge in [-0.05, 0) is 18.1 Å². The van der Waals surface area contributed by atoms with E-state index in [4.69, 9.17) is 14.1 Å². The lowest BCUT2D eigenvalue weighted by atomic mass is 10.2. The van der Waals surface area contributed by atoms with Gasteiger partial charge in [0.2, 0.25) is 0 Å². The average Bonchev–Trinajstić information content (AvgIpc) is 2.76. The molecule has 0 saturated carbocycles. The van der Waals surface area contributed by atoms with Crippen LogP contribution in [0.3, 0.4) is 0 Å². The van der Waals surface area contributed by atoms with Gasteiger partial charge in [-0.3, -0.25) is 4.98 Å². The number of hydrogen-bond acceptors (Lipinski definition) is 4. The van der Waals surface area contributed by atoms with Gasteiger partial charge in [0.05, 0.1) is 12.2 Å². The van der Waals surface area contributed by atoms with E-state index >= 15 is 0 Å². The van der Waals surface area contributed by atoms with Gasteiger partial charge in [0, 0.05) is 18.3 Å². The molecule has 0 fully saturated rings. The first-order chi connectivity index (χ1) is 9.23. The minimum absolute atomic E-state index is 0.172. The summed E-state index contributed by atoms with van der Waals surface area (Å²) in [5.41, 5.74) is 1.90. The highest BCUT2D eigenvalue weighted by atomic mass is 28.4. The summed E-state index contributed by atoms with van der Waals surface area (Å²) in [6.45, 7) is 11.5. The molecule has 106 valence electrons. The summed E-state index contributed by atoms with van der Waals surface area (Å²) in [5, 5.41) is 9.02. The van der Waals surface area contributed by atoms with E-state index < -0.39 is 8.32 Å². The van der Waals surface area contributed by atoms with Gasteiger partial charge in [-0.1, -0.05) is 20.8 Å². The fourth-order valence-corrected chi connectivity index (χ4v) is 2.50. The van der Waals surface area contributed by atoms with Crippen molar-refractivity contribution in [2.75, 3.05) is 0 Å². The third-order valence-electron chi connectivity index (χ3n) is 3.93. The van der Waals surface area contributed by atoms with Crippen LogP contribution in [0.5, 0.6) is 0 Å². The van der Waals surface area contributed by atoms with Crippen LogP contribution in [0, 0.1) is 11.3 Å². The fraction of sp³-hybridized carbons (Fsp3) is 0.467. The van der Waals surface area contributed by atoms with E-state index in [9.17, 15) is 0 Å². The quantitative estimate of drug-likeness (QED) is 0.793. The second-order valence-electron chi connectivity index (χ2n) is 6.48. The zero-order valence-corrected chi connectivity index (χ0v) is 13.7. The van der Waals surface area contributed by atoms with Crippen LogP contribution in [0.4, 0.5) is 0 Å². The summed E-state index contributed by atoms with van der Waals surface area (Å²) in [7, 11) is -1.79. The van der Waals surface area contributed by atoms with E-state index in [0.717, 1.165) is 11.3 Å². The number of nitriles is 1. The molecule has 2 aromatic rings. The molecule has 0 aliphatic rings. The lowest BCUT2D eigenvalue weighted by Gasteiger charge is -2.35. The van der Waals surface area contributed by atoms with Crippen LogP contribution in [-0.2, 0) is 11.0 Å². The Morgan fingerprint density at radius 1 is 1.35 bits per heavy atom. The number of aromatic nitrogens is 1. The Labute approximate surface area is 120 Å². The van der Waals surface area contributed by atoms with Gasteiger partial charge in [0.25, 0.3) is 0 Å². The molecule has 2 rings (SSSR count). The first-order valence-electron chi connectivity index (χ1n) is 6.65. The van der Waals surface area contributed by atoms with Crippen LogP contribution < -0.4 is 0 Å². The molecule has 0 aliphatic heterocycles. The Morgan fingerprint density at radius 2 is 2.05 bits per heavy atom. The van der Waals surface area contributed by atoms with E-state index in [0.29, 0.717) is 17.8 Å². The molecule has 0 aliphatic carbocycles. The molecule has 0 bridgehead atoms. The fourth-order valence-electron chi connectivity index (χ4n) is 1.57. The summed E-state index contributed by atoms with van der Waals surface area (Å²) < 4.78 is 11.8. The monoisotopic (exact) mass is 288 g/mol. The van der Waals surface area contributed by atoms with Crippen LogP contribution in [0.2, 0.25) is 18.1 Å². The number of rotatable bonds is 3. The number of pyridine rings is 1. The highest BCUT2D eigenvalue weighted by Crippen LogP contribution is 2.37. The highest BCUT2D eigenvalue weighted by molar-refractivity contribution is 6.74. The minimum Gasteiger partial charge on any atom is -0.457 e. The van der Waals surface area contributed by atoms with E-state index in [2.05, 4.69) is 44.9 Å². The van der Waals surface area contributed by atoms with E-state index in [1.54, 1.807) is 12.3 Å². The Bertz CT molecular complexity index is 663. The third-order valence-corrected chi connectivity index (χ3v) is 8.41. The zero-order valence-electron chi connectivity index (χ0n) is 12.7. The first kappa shape index (κ1) is 14.8.